The van der Waals surface area contributed by atoms with E-state index in [-0.39, 0.29) is 5.04 Å². The van der Waals surface area contributed by atoms with Crippen LogP contribution in [0.25, 0.3) is 0 Å². The summed E-state index contributed by atoms with van der Waals surface area (Å²) in [6, 6.07) is 5.94. The van der Waals surface area contributed by atoms with Crippen LogP contribution in [-0.4, -0.2) is 34.3 Å². The first-order valence-corrected chi connectivity index (χ1v) is 13.9. The summed E-state index contributed by atoms with van der Waals surface area (Å²) in [5.41, 5.74) is 0.942. The maximum atomic E-state index is 13.5. The Morgan fingerprint density at radius 3 is 2.39 bits per heavy atom. The van der Waals surface area contributed by atoms with E-state index in [1.165, 1.54) is 0 Å². The zero-order chi connectivity index (χ0) is 17.9. The fraction of sp³-hybridized carbons (Fsp3) is 0.647. The van der Waals surface area contributed by atoms with E-state index in [0.717, 1.165) is 15.5 Å². The minimum Gasteiger partial charge on any atom is -0.416 e. The summed E-state index contributed by atoms with van der Waals surface area (Å²) in [7, 11) is -2.37. The highest BCUT2D eigenvalue weighted by Crippen LogP contribution is 2.47. The van der Waals surface area contributed by atoms with Crippen molar-refractivity contribution < 1.29 is 8.99 Å². The van der Waals surface area contributed by atoms with Crippen molar-refractivity contribution in [2.45, 2.75) is 45.8 Å². The molecule has 0 saturated heterocycles. The Morgan fingerprint density at radius 1 is 1.30 bits per heavy atom. The normalized spacial score (nSPS) is 15.3. The van der Waals surface area contributed by atoms with E-state index < -0.39 is 15.5 Å². The van der Waals surface area contributed by atoms with E-state index in [0.29, 0.717) is 18.9 Å². The van der Waals surface area contributed by atoms with Gasteiger partial charge in [-0.05, 0) is 36.3 Å². The van der Waals surface area contributed by atoms with E-state index in [9.17, 15) is 4.57 Å². The van der Waals surface area contributed by atoms with Crippen molar-refractivity contribution in [2.75, 3.05) is 31.3 Å². The highest BCUT2D eigenvalue weighted by atomic mass is 79.9. The second-order valence-electron chi connectivity index (χ2n) is 7.45. The van der Waals surface area contributed by atoms with Gasteiger partial charge < -0.3 is 14.3 Å². The Labute approximate surface area is 151 Å². The minimum atomic E-state index is -2.45. The quantitative estimate of drug-likeness (QED) is 0.466. The molecule has 1 rings (SSSR count). The van der Waals surface area contributed by atoms with E-state index in [1.807, 2.05) is 32.2 Å². The zero-order valence-corrected chi connectivity index (χ0v) is 19.0. The third-order valence-corrected chi connectivity index (χ3v) is 13.1. The molecule has 0 aliphatic carbocycles. The Morgan fingerprint density at radius 2 is 1.91 bits per heavy atom. The lowest BCUT2D eigenvalue weighted by Crippen LogP contribution is -2.41. The number of nitrogens with one attached hydrogen (secondary N) is 1. The van der Waals surface area contributed by atoms with Gasteiger partial charge in [0.25, 0.3) is 0 Å². The molecule has 0 saturated carbocycles. The molecule has 0 aliphatic heterocycles. The number of rotatable bonds is 7. The average Bonchev–Trinajstić information content (AvgIpc) is 2.45. The molecule has 0 heterocycles. The Bertz CT molecular complexity index is 584. The Kier molecular flexibility index (Phi) is 7.16. The van der Waals surface area contributed by atoms with Crippen LogP contribution in [0.1, 0.15) is 27.7 Å². The number of anilines is 1. The highest BCUT2D eigenvalue weighted by molar-refractivity contribution is 9.10. The molecule has 132 valence electrons. The summed E-state index contributed by atoms with van der Waals surface area (Å²) < 4.78 is 20.7. The first-order valence-electron chi connectivity index (χ1n) is 8.17. The summed E-state index contributed by atoms with van der Waals surface area (Å²) in [6.07, 6.45) is 1.26. The van der Waals surface area contributed by atoms with E-state index in [4.69, 9.17) is 4.43 Å². The fourth-order valence-corrected chi connectivity index (χ4v) is 6.00. The second-order valence-corrected chi connectivity index (χ2v) is 16.5. The standard InChI is InChI=1S/C17H31BrNO2PSi/c1-8-22(20,12-11-21-23(6,7)17(2,3)4)16-10-9-14(18)13-15(16)19-5/h9-10,13,19H,8,11-12H2,1-7H3. The number of hydrogen-bond donors (Lipinski definition) is 1. The lowest BCUT2D eigenvalue weighted by molar-refractivity contribution is 0.309. The second kappa shape index (κ2) is 7.86. The smallest absolute Gasteiger partial charge is 0.191 e. The van der Waals surface area contributed by atoms with Crippen LogP contribution in [0.5, 0.6) is 0 Å². The maximum absolute atomic E-state index is 13.5. The van der Waals surface area contributed by atoms with Gasteiger partial charge >= 0.3 is 0 Å². The molecule has 1 atom stereocenters. The molecule has 0 radical (unpaired) electrons. The lowest BCUT2D eigenvalue weighted by Gasteiger charge is -2.36. The van der Waals surface area contributed by atoms with Gasteiger partial charge in [0.1, 0.15) is 7.14 Å². The zero-order valence-electron chi connectivity index (χ0n) is 15.5. The van der Waals surface area contributed by atoms with Crippen molar-refractivity contribution in [3.05, 3.63) is 22.7 Å². The molecule has 6 heteroatoms. The minimum absolute atomic E-state index is 0.178. The lowest BCUT2D eigenvalue weighted by atomic mass is 10.2. The summed E-state index contributed by atoms with van der Waals surface area (Å²) in [6.45, 7) is 13.7. The van der Waals surface area contributed by atoms with Gasteiger partial charge in [0.15, 0.2) is 8.32 Å². The first-order chi connectivity index (χ1) is 10.5. The summed E-state index contributed by atoms with van der Waals surface area (Å²) in [4.78, 5) is 0. The predicted molar refractivity (Wildman–Crippen MR) is 109 cm³/mol. The molecule has 0 bridgehead atoms. The van der Waals surface area contributed by atoms with Crippen molar-refractivity contribution in [3.8, 4) is 0 Å². The summed E-state index contributed by atoms with van der Waals surface area (Å²) >= 11 is 3.48. The molecule has 0 amide bonds. The third kappa shape index (κ3) is 5.19. The van der Waals surface area contributed by atoms with Crippen molar-refractivity contribution in [3.63, 3.8) is 0 Å². The molecular weight excluding hydrogens is 389 g/mol. The van der Waals surface area contributed by atoms with Crippen LogP contribution in [0, 0.1) is 0 Å². The van der Waals surface area contributed by atoms with Crippen LogP contribution >= 0.6 is 23.1 Å². The van der Waals surface area contributed by atoms with Gasteiger partial charge in [0, 0.05) is 41.4 Å². The molecule has 23 heavy (non-hydrogen) atoms. The van der Waals surface area contributed by atoms with Gasteiger partial charge in [0.2, 0.25) is 0 Å². The van der Waals surface area contributed by atoms with E-state index in [2.05, 4.69) is 55.1 Å². The molecule has 0 aliphatic rings. The van der Waals surface area contributed by atoms with Crippen LogP contribution in [0.4, 0.5) is 5.69 Å². The van der Waals surface area contributed by atoms with Crippen molar-refractivity contribution in [2.24, 2.45) is 0 Å². The monoisotopic (exact) mass is 419 g/mol. The van der Waals surface area contributed by atoms with Gasteiger partial charge in [-0.3, -0.25) is 0 Å². The molecule has 0 aromatic heterocycles. The van der Waals surface area contributed by atoms with Gasteiger partial charge in [0.05, 0.1) is 0 Å². The maximum Gasteiger partial charge on any atom is 0.191 e. The Balaban J connectivity index is 2.94. The predicted octanol–water partition coefficient (Wildman–Crippen LogP) is 5.52. The third-order valence-electron chi connectivity index (χ3n) is 4.90. The average molecular weight is 420 g/mol. The summed E-state index contributed by atoms with van der Waals surface area (Å²) in [5, 5.41) is 4.29. The van der Waals surface area contributed by atoms with Crippen molar-refractivity contribution in [1.29, 1.82) is 0 Å². The van der Waals surface area contributed by atoms with Gasteiger partial charge in [-0.2, -0.15) is 0 Å². The molecule has 3 nitrogen and oxygen atoms in total. The number of hydrogen-bond acceptors (Lipinski definition) is 3. The largest absolute Gasteiger partial charge is 0.416 e. The highest BCUT2D eigenvalue weighted by Gasteiger charge is 2.37. The molecule has 1 aromatic rings. The Hall–Kier alpha value is -0.0931. The molecule has 1 N–H and O–H groups in total. The van der Waals surface area contributed by atoms with Crippen LogP contribution in [0.3, 0.4) is 0 Å². The van der Waals surface area contributed by atoms with E-state index in [1.54, 1.807) is 0 Å². The van der Waals surface area contributed by atoms with Crippen molar-refractivity contribution >= 4 is 42.4 Å². The molecule has 1 aromatic carbocycles. The fourth-order valence-electron chi connectivity index (χ4n) is 2.18. The molecule has 0 fully saturated rings. The van der Waals surface area contributed by atoms with Gasteiger partial charge in [-0.1, -0.05) is 43.6 Å². The SMILES string of the molecule is CCP(=O)(CCO[Si](C)(C)C(C)(C)C)c1ccc(Br)cc1NC. The van der Waals surface area contributed by atoms with Crippen LogP contribution in [-0.2, 0) is 8.99 Å². The molecule has 0 spiro atoms. The van der Waals surface area contributed by atoms with Gasteiger partial charge in [-0.15, -0.1) is 0 Å². The number of benzene rings is 1. The molecule has 1 unspecified atom stereocenters. The van der Waals surface area contributed by atoms with Crippen LogP contribution in [0.2, 0.25) is 18.1 Å². The van der Waals surface area contributed by atoms with Gasteiger partial charge in [-0.25, -0.2) is 0 Å². The molecular formula is C17H31BrNO2PSi. The summed E-state index contributed by atoms with van der Waals surface area (Å²) in [5.74, 6) is 0. The van der Waals surface area contributed by atoms with E-state index >= 15 is 0 Å². The van der Waals surface area contributed by atoms with Crippen LogP contribution < -0.4 is 10.6 Å². The number of halogens is 1. The first kappa shape index (κ1) is 21.0. The van der Waals surface area contributed by atoms with Crippen molar-refractivity contribution in [1.82, 2.24) is 0 Å². The topological polar surface area (TPSA) is 38.3 Å². The van der Waals surface area contributed by atoms with Crippen LogP contribution in [0.15, 0.2) is 22.7 Å².